The van der Waals surface area contributed by atoms with Crippen LogP contribution in [0.4, 0.5) is 13.2 Å². The molecule has 1 aromatic heterocycles. The minimum atomic E-state index is -4.32. The predicted molar refractivity (Wildman–Crippen MR) is 61.4 cm³/mol. The Labute approximate surface area is 101 Å². The maximum Gasteiger partial charge on any atom is 0.389 e. The van der Waals surface area contributed by atoms with Gasteiger partial charge in [0.2, 0.25) is 0 Å². The van der Waals surface area contributed by atoms with Crippen LogP contribution in [0.3, 0.4) is 0 Å². The number of benzene rings is 1. The third-order valence-corrected chi connectivity index (χ3v) is 2.57. The zero-order valence-electron chi connectivity index (χ0n) is 9.37. The van der Waals surface area contributed by atoms with Gasteiger partial charge in [-0.15, -0.1) is 0 Å². The summed E-state index contributed by atoms with van der Waals surface area (Å²) in [7, 11) is 0. The lowest BCUT2D eigenvalue weighted by atomic mass is 10.0. The second kappa shape index (κ2) is 4.76. The number of aromatic nitrogens is 1. The van der Waals surface area contributed by atoms with Gasteiger partial charge in [-0.1, -0.05) is 24.3 Å². The molecule has 94 valence electrons. The summed E-state index contributed by atoms with van der Waals surface area (Å²) in [5.74, 6) is -0.580. The third kappa shape index (κ3) is 2.85. The number of carbonyl (C=O) groups is 1. The lowest BCUT2D eigenvalue weighted by Crippen LogP contribution is -2.12. The van der Waals surface area contributed by atoms with E-state index in [0.29, 0.717) is 5.39 Å². The maximum absolute atomic E-state index is 12.1. The van der Waals surface area contributed by atoms with E-state index in [4.69, 9.17) is 0 Å². The van der Waals surface area contributed by atoms with Crippen molar-refractivity contribution >= 4 is 16.6 Å². The van der Waals surface area contributed by atoms with Crippen LogP contribution >= 0.6 is 0 Å². The molecule has 0 saturated carbocycles. The van der Waals surface area contributed by atoms with E-state index in [2.05, 4.69) is 4.98 Å². The van der Waals surface area contributed by atoms with E-state index in [-0.39, 0.29) is 5.69 Å². The highest BCUT2D eigenvalue weighted by molar-refractivity contribution is 6.06. The molecule has 0 radical (unpaired) electrons. The van der Waals surface area contributed by atoms with Gasteiger partial charge in [0, 0.05) is 18.0 Å². The smallest absolute Gasteiger partial charge is 0.292 e. The van der Waals surface area contributed by atoms with Gasteiger partial charge in [0.05, 0.1) is 6.42 Å². The quantitative estimate of drug-likeness (QED) is 0.779. The topological polar surface area (TPSA) is 30.0 Å². The van der Waals surface area contributed by atoms with Crippen molar-refractivity contribution in [1.82, 2.24) is 4.98 Å². The summed E-state index contributed by atoms with van der Waals surface area (Å²) < 4.78 is 36.2. The van der Waals surface area contributed by atoms with Crippen molar-refractivity contribution < 1.29 is 18.0 Å². The van der Waals surface area contributed by atoms with Crippen molar-refractivity contribution in [3.63, 3.8) is 0 Å². The molecule has 18 heavy (non-hydrogen) atoms. The van der Waals surface area contributed by atoms with Gasteiger partial charge in [-0.3, -0.25) is 9.78 Å². The molecule has 1 heterocycles. The molecule has 2 aromatic rings. The van der Waals surface area contributed by atoms with Crippen LogP contribution in [0.2, 0.25) is 0 Å². The summed E-state index contributed by atoms with van der Waals surface area (Å²) in [6.07, 6.45) is -4.56. The largest absolute Gasteiger partial charge is 0.389 e. The number of pyridine rings is 1. The van der Waals surface area contributed by atoms with Gasteiger partial charge in [-0.05, 0) is 11.5 Å². The highest BCUT2D eigenvalue weighted by Crippen LogP contribution is 2.24. The molecule has 0 saturated heterocycles. The molecule has 2 rings (SSSR count). The molecule has 0 spiro atoms. The molecule has 0 amide bonds. The van der Waals surface area contributed by atoms with Crippen LogP contribution in [0.1, 0.15) is 23.3 Å². The fourth-order valence-electron chi connectivity index (χ4n) is 1.72. The van der Waals surface area contributed by atoms with Gasteiger partial charge < -0.3 is 0 Å². The number of fused-ring (bicyclic) bond motifs is 1. The van der Waals surface area contributed by atoms with Crippen LogP contribution < -0.4 is 0 Å². The molecular weight excluding hydrogens is 243 g/mol. The number of Topliss-reactive ketones (excluding diaryl/α,β-unsaturated/α-hetero) is 1. The number of halogens is 3. The summed E-state index contributed by atoms with van der Waals surface area (Å²) in [5.41, 5.74) is 0.109. The standard InChI is InChI=1S/C13H10F3NO/c14-13(15,16)7-5-11(18)12-10-4-2-1-3-9(10)6-8-17-12/h1-4,6,8H,5,7H2. The van der Waals surface area contributed by atoms with Gasteiger partial charge in [-0.2, -0.15) is 13.2 Å². The van der Waals surface area contributed by atoms with E-state index in [9.17, 15) is 18.0 Å². The van der Waals surface area contributed by atoms with Crippen LogP contribution in [0.15, 0.2) is 36.5 Å². The zero-order valence-corrected chi connectivity index (χ0v) is 9.37. The molecule has 0 N–H and O–H groups in total. The molecule has 0 atom stereocenters. The number of alkyl halides is 3. The lowest BCUT2D eigenvalue weighted by molar-refractivity contribution is -0.133. The SMILES string of the molecule is O=C(CCC(F)(F)F)c1nccc2ccccc12. The average Bonchev–Trinajstić information content (AvgIpc) is 2.34. The van der Waals surface area contributed by atoms with Crippen molar-refractivity contribution in [3.8, 4) is 0 Å². The van der Waals surface area contributed by atoms with E-state index in [1.54, 1.807) is 30.3 Å². The highest BCUT2D eigenvalue weighted by Gasteiger charge is 2.28. The summed E-state index contributed by atoms with van der Waals surface area (Å²) in [4.78, 5) is 15.6. The molecule has 1 aromatic carbocycles. The molecule has 0 fully saturated rings. The predicted octanol–water partition coefficient (Wildman–Crippen LogP) is 3.76. The number of hydrogen-bond donors (Lipinski definition) is 0. The Kier molecular flexibility index (Phi) is 3.32. The second-order valence-corrected chi connectivity index (χ2v) is 3.92. The first-order valence-corrected chi connectivity index (χ1v) is 5.41. The summed E-state index contributed by atoms with van der Waals surface area (Å²) in [6, 6.07) is 8.72. The van der Waals surface area contributed by atoms with Crippen molar-refractivity contribution in [2.45, 2.75) is 19.0 Å². The summed E-state index contributed by atoms with van der Waals surface area (Å²) in [5, 5.41) is 1.38. The number of hydrogen-bond acceptors (Lipinski definition) is 2. The van der Waals surface area contributed by atoms with Gasteiger partial charge in [-0.25, -0.2) is 0 Å². The average molecular weight is 253 g/mol. The first-order chi connectivity index (χ1) is 8.47. The minimum absolute atomic E-state index is 0.109. The van der Waals surface area contributed by atoms with Crippen LogP contribution in [0.5, 0.6) is 0 Å². The molecule has 0 aliphatic carbocycles. The van der Waals surface area contributed by atoms with Crippen molar-refractivity contribution in [2.75, 3.05) is 0 Å². The summed E-state index contributed by atoms with van der Waals surface area (Å²) >= 11 is 0. The molecule has 0 bridgehead atoms. The molecule has 0 aliphatic rings. The highest BCUT2D eigenvalue weighted by atomic mass is 19.4. The van der Waals surface area contributed by atoms with Crippen molar-refractivity contribution in [3.05, 3.63) is 42.2 Å². The zero-order chi connectivity index (χ0) is 13.2. The third-order valence-electron chi connectivity index (χ3n) is 2.57. The Hall–Kier alpha value is -1.91. The fourth-order valence-corrected chi connectivity index (χ4v) is 1.72. The number of ketones is 1. The van der Waals surface area contributed by atoms with E-state index in [1.165, 1.54) is 6.20 Å². The second-order valence-electron chi connectivity index (χ2n) is 3.92. The van der Waals surface area contributed by atoms with E-state index in [1.807, 2.05) is 0 Å². The minimum Gasteiger partial charge on any atom is -0.292 e. The Balaban J connectivity index is 2.28. The molecular formula is C13H10F3NO. The Bertz CT molecular complexity index is 572. The van der Waals surface area contributed by atoms with Gasteiger partial charge in [0.25, 0.3) is 0 Å². The van der Waals surface area contributed by atoms with E-state index in [0.717, 1.165) is 5.39 Å². The molecule has 5 heteroatoms. The van der Waals surface area contributed by atoms with Gasteiger partial charge in [0.15, 0.2) is 5.78 Å². The van der Waals surface area contributed by atoms with Crippen LogP contribution in [0.25, 0.3) is 10.8 Å². The first kappa shape index (κ1) is 12.5. The Morgan fingerprint density at radius 2 is 1.89 bits per heavy atom. The van der Waals surface area contributed by atoms with Crippen LogP contribution in [-0.2, 0) is 0 Å². The Morgan fingerprint density at radius 1 is 1.17 bits per heavy atom. The number of nitrogens with zero attached hydrogens (tertiary/aromatic N) is 1. The maximum atomic E-state index is 12.1. The molecule has 0 aliphatic heterocycles. The monoisotopic (exact) mass is 253 g/mol. The van der Waals surface area contributed by atoms with Gasteiger partial charge in [0.1, 0.15) is 5.69 Å². The number of rotatable bonds is 3. The van der Waals surface area contributed by atoms with E-state index >= 15 is 0 Å². The van der Waals surface area contributed by atoms with Gasteiger partial charge >= 0.3 is 6.18 Å². The first-order valence-electron chi connectivity index (χ1n) is 5.41. The summed E-state index contributed by atoms with van der Waals surface area (Å²) in [6.45, 7) is 0. The number of carbonyl (C=O) groups excluding carboxylic acids is 1. The lowest BCUT2D eigenvalue weighted by Gasteiger charge is -2.06. The fraction of sp³-hybridized carbons (Fsp3) is 0.231. The Morgan fingerprint density at radius 3 is 2.61 bits per heavy atom. The van der Waals surface area contributed by atoms with Crippen LogP contribution in [0, 0.1) is 0 Å². The van der Waals surface area contributed by atoms with Crippen LogP contribution in [-0.4, -0.2) is 16.9 Å². The van der Waals surface area contributed by atoms with Crippen molar-refractivity contribution in [2.24, 2.45) is 0 Å². The molecule has 0 unspecified atom stereocenters. The normalized spacial score (nSPS) is 11.7. The van der Waals surface area contributed by atoms with Crippen molar-refractivity contribution in [1.29, 1.82) is 0 Å². The molecule has 2 nitrogen and oxygen atoms in total. The van der Waals surface area contributed by atoms with E-state index < -0.39 is 24.8 Å².